The topological polar surface area (TPSA) is 31.0 Å². The second-order valence-corrected chi connectivity index (χ2v) is 9.61. The van der Waals surface area contributed by atoms with E-state index in [9.17, 15) is 0 Å². The highest BCUT2D eigenvalue weighted by molar-refractivity contribution is 6.19. The summed E-state index contributed by atoms with van der Waals surface area (Å²) in [4.78, 5) is 4.89. The third-order valence-corrected chi connectivity index (χ3v) is 7.52. The first-order chi connectivity index (χ1) is 18.3. The highest BCUT2D eigenvalue weighted by Crippen LogP contribution is 2.43. The third-order valence-electron chi connectivity index (χ3n) is 7.52. The molecule has 0 bridgehead atoms. The van der Waals surface area contributed by atoms with E-state index < -0.39 is 0 Å². The maximum atomic E-state index is 6.13. The number of furan rings is 1. The summed E-state index contributed by atoms with van der Waals surface area (Å²) in [6, 6.07) is 40.7. The first-order valence-corrected chi connectivity index (χ1v) is 12.6. The van der Waals surface area contributed by atoms with Gasteiger partial charge in [-0.15, -0.1) is 0 Å². The minimum absolute atomic E-state index is 0.913. The van der Waals surface area contributed by atoms with Crippen molar-refractivity contribution in [2.75, 3.05) is 0 Å². The number of fused-ring (bicyclic) bond motifs is 6. The van der Waals surface area contributed by atoms with Crippen molar-refractivity contribution in [1.82, 2.24) is 9.55 Å². The molecule has 0 aliphatic heterocycles. The largest absolute Gasteiger partial charge is 0.456 e. The molecule has 0 aliphatic rings. The molecule has 37 heavy (non-hydrogen) atoms. The molecule has 8 aromatic rings. The zero-order valence-corrected chi connectivity index (χ0v) is 20.3. The number of aryl methyl sites for hydroxylation is 1. The van der Waals surface area contributed by atoms with E-state index in [0.29, 0.717) is 0 Å². The maximum absolute atomic E-state index is 6.13. The second kappa shape index (κ2) is 7.55. The number of nitrogens with zero attached hydrogens (tertiary/aromatic N) is 2. The smallest absolute Gasteiger partial charge is 0.135 e. The molecule has 0 spiro atoms. The molecule has 0 N–H and O–H groups in total. The van der Waals surface area contributed by atoms with Crippen molar-refractivity contribution in [3.05, 3.63) is 121 Å². The van der Waals surface area contributed by atoms with Gasteiger partial charge in [0.1, 0.15) is 17.0 Å². The van der Waals surface area contributed by atoms with Gasteiger partial charge in [-0.1, -0.05) is 84.9 Å². The van der Waals surface area contributed by atoms with Crippen LogP contribution in [0.2, 0.25) is 0 Å². The summed E-state index contributed by atoms with van der Waals surface area (Å²) in [5.74, 6) is 0.982. The van der Waals surface area contributed by atoms with Crippen LogP contribution in [0.25, 0.3) is 71.3 Å². The fourth-order valence-electron chi connectivity index (χ4n) is 5.97. The van der Waals surface area contributed by atoms with E-state index in [4.69, 9.17) is 9.40 Å². The van der Waals surface area contributed by atoms with Crippen LogP contribution in [-0.4, -0.2) is 9.55 Å². The Labute approximate surface area is 213 Å². The van der Waals surface area contributed by atoms with Gasteiger partial charge in [-0.2, -0.15) is 0 Å². The summed E-state index contributed by atoms with van der Waals surface area (Å²) >= 11 is 0. The monoisotopic (exact) mass is 474 g/mol. The summed E-state index contributed by atoms with van der Waals surface area (Å²) < 4.78 is 8.45. The zero-order valence-electron chi connectivity index (χ0n) is 20.3. The van der Waals surface area contributed by atoms with Gasteiger partial charge in [0.2, 0.25) is 0 Å². The van der Waals surface area contributed by atoms with Crippen LogP contribution in [-0.2, 0) is 0 Å². The normalized spacial score (nSPS) is 11.9. The molecule has 0 radical (unpaired) electrons. The van der Waals surface area contributed by atoms with Crippen molar-refractivity contribution in [2.24, 2.45) is 0 Å². The average molecular weight is 475 g/mol. The molecule has 8 rings (SSSR count). The summed E-state index contributed by atoms with van der Waals surface area (Å²) in [5.41, 5.74) is 7.56. The van der Waals surface area contributed by atoms with E-state index in [-0.39, 0.29) is 0 Å². The third kappa shape index (κ3) is 2.85. The van der Waals surface area contributed by atoms with Crippen LogP contribution in [0, 0.1) is 6.92 Å². The van der Waals surface area contributed by atoms with Crippen molar-refractivity contribution in [3.63, 3.8) is 0 Å². The van der Waals surface area contributed by atoms with Crippen LogP contribution < -0.4 is 0 Å². The number of hydrogen-bond acceptors (Lipinski definition) is 2. The molecule has 0 fully saturated rings. The fourth-order valence-corrected chi connectivity index (χ4v) is 5.97. The molecule has 3 nitrogen and oxygen atoms in total. The first-order valence-electron chi connectivity index (χ1n) is 12.6. The molecule has 0 amide bonds. The van der Waals surface area contributed by atoms with Gasteiger partial charge in [0, 0.05) is 21.5 Å². The van der Waals surface area contributed by atoms with Gasteiger partial charge in [-0.25, -0.2) is 4.98 Å². The summed E-state index contributed by atoms with van der Waals surface area (Å²) in [6.45, 7) is 2.09. The van der Waals surface area contributed by atoms with Crippen LogP contribution in [0.4, 0.5) is 0 Å². The summed E-state index contributed by atoms with van der Waals surface area (Å²) in [6.07, 6.45) is 0. The summed E-state index contributed by atoms with van der Waals surface area (Å²) in [5, 5.41) is 7.15. The second-order valence-electron chi connectivity index (χ2n) is 9.61. The van der Waals surface area contributed by atoms with Crippen LogP contribution in [0.3, 0.4) is 0 Å². The number of aromatic nitrogens is 2. The van der Waals surface area contributed by atoms with E-state index in [0.717, 1.165) is 38.8 Å². The maximum Gasteiger partial charge on any atom is 0.135 e. The molecular weight excluding hydrogens is 452 g/mol. The highest BCUT2D eigenvalue weighted by Gasteiger charge is 2.20. The molecule has 0 atom stereocenters. The molecule has 3 heteroatoms. The van der Waals surface area contributed by atoms with E-state index in [2.05, 4.69) is 109 Å². The lowest BCUT2D eigenvalue weighted by Gasteiger charge is -2.19. The van der Waals surface area contributed by atoms with Crippen molar-refractivity contribution < 1.29 is 4.42 Å². The van der Waals surface area contributed by atoms with Crippen LogP contribution in [0.15, 0.2) is 120 Å². The minimum Gasteiger partial charge on any atom is -0.456 e. The predicted molar refractivity (Wildman–Crippen MR) is 154 cm³/mol. The van der Waals surface area contributed by atoms with Gasteiger partial charge in [-0.05, 0) is 59.2 Å². The van der Waals surface area contributed by atoms with Gasteiger partial charge >= 0.3 is 0 Å². The predicted octanol–water partition coefficient (Wildman–Crippen LogP) is 9.21. The lowest BCUT2D eigenvalue weighted by molar-refractivity contribution is 0.669. The summed E-state index contributed by atoms with van der Waals surface area (Å²) in [7, 11) is 0. The van der Waals surface area contributed by atoms with E-state index in [1.165, 1.54) is 38.4 Å². The quantitative estimate of drug-likeness (QED) is 0.234. The Morgan fingerprint density at radius 1 is 0.568 bits per heavy atom. The number of hydrogen-bond donors (Lipinski definition) is 0. The molecule has 0 saturated heterocycles. The number of benzene rings is 6. The van der Waals surface area contributed by atoms with Crippen molar-refractivity contribution >= 4 is 54.5 Å². The first kappa shape index (κ1) is 20.3. The van der Waals surface area contributed by atoms with Crippen LogP contribution in [0.5, 0.6) is 0 Å². The lowest BCUT2D eigenvalue weighted by Crippen LogP contribution is -2.01. The molecule has 2 heterocycles. The van der Waals surface area contributed by atoms with Crippen molar-refractivity contribution in [2.45, 2.75) is 6.92 Å². The minimum atomic E-state index is 0.913. The lowest BCUT2D eigenvalue weighted by atomic mass is 9.90. The molecule has 0 saturated carbocycles. The standard InChI is InChI=1S/C34H22N2O/c1-21-35-29-15-7-8-16-30(29)36(21)34-26-13-4-2-11-24(26)33(25-12-3-5-14-27(25)34)22-18-19-32-28(20-22)23-10-6-9-17-31(23)37-32/h2-20H,1H3. The Hall–Kier alpha value is -4.89. The van der Waals surface area contributed by atoms with Crippen LogP contribution in [0.1, 0.15) is 5.82 Å². The Kier molecular flexibility index (Phi) is 4.15. The van der Waals surface area contributed by atoms with Gasteiger partial charge in [0.05, 0.1) is 16.7 Å². The number of rotatable bonds is 2. The number of para-hydroxylation sites is 3. The number of imidazole rings is 1. The molecule has 174 valence electrons. The Morgan fingerprint density at radius 2 is 1.16 bits per heavy atom. The zero-order chi connectivity index (χ0) is 24.5. The van der Waals surface area contributed by atoms with E-state index >= 15 is 0 Å². The van der Waals surface area contributed by atoms with Gasteiger partial charge < -0.3 is 4.42 Å². The van der Waals surface area contributed by atoms with Crippen LogP contribution >= 0.6 is 0 Å². The van der Waals surface area contributed by atoms with Crippen molar-refractivity contribution in [1.29, 1.82) is 0 Å². The Morgan fingerprint density at radius 3 is 1.92 bits per heavy atom. The van der Waals surface area contributed by atoms with Crippen molar-refractivity contribution in [3.8, 4) is 16.8 Å². The average Bonchev–Trinajstić information content (AvgIpc) is 3.48. The molecular formula is C34H22N2O. The van der Waals surface area contributed by atoms with Gasteiger partial charge in [-0.3, -0.25) is 4.57 Å². The Balaban J connectivity index is 1.53. The molecule has 6 aromatic carbocycles. The fraction of sp³-hybridized carbons (Fsp3) is 0.0294. The van der Waals surface area contributed by atoms with E-state index in [1.807, 2.05) is 18.2 Å². The SMILES string of the molecule is Cc1nc2ccccc2n1-c1c2ccccc2c(-c2ccc3oc4ccccc4c3c2)c2ccccc12. The van der Waals surface area contributed by atoms with Gasteiger partial charge in [0.15, 0.2) is 0 Å². The highest BCUT2D eigenvalue weighted by atomic mass is 16.3. The Bertz CT molecular complexity index is 2110. The molecule has 0 unspecified atom stereocenters. The molecule has 2 aromatic heterocycles. The van der Waals surface area contributed by atoms with E-state index in [1.54, 1.807) is 0 Å². The van der Waals surface area contributed by atoms with Gasteiger partial charge in [0.25, 0.3) is 0 Å². The molecule has 0 aliphatic carbocycles.